The van der Waals surface area contributed by atoms with E-state index >= 15 is 0 Å². The van der Waals surface area contributed by atoms with Gasteiger partial charge in [-0.2, -0.15) is 4.31 Å². The Labute approximate surface area is 160 Å². The Morgan fingerprint density at radius 3 is 2.74 bits per heavy atom. The molecule has 1 atom stereocenters. The van der Waals surface area contributed by atoms with Gasteiger partial charge in [0, 0.05) is 31.9 Å². The van der Waals surface area contributed by atoms with Crippen LogP contribution in [0.5, 0.6) is 0 Å². The first-order valence-corrected chi connectivity index (χ1v) is 10.7. The number of anilines is 1. The molecule has 0 aliphatic carbocycles. The molecule has 9 heteroatoms. The lowest BCUT2D eigenvalue weighted by Gasteiger charge is -2.26. The lowest BCUT2D eigenvalue weighted by Crippen LogP contribution is -2.40. The van der Waals surface area contributed by atoms with Gasteiger partial charge in [0.2, 0.25) is 15.9 Å². The highest BCUT2D eigenvalue weighted by atomic mass is 32.2. The molecule has 2 N–H and O–H groups in total. The Morgan fingerprint density at radius 2 is 2.04 bits per heavy atom. The maximum Gasteiger partial charge on any atom is 0.243 e. The van der Waals surface area contributed by atoms with Crippen molar-refractivity contribution >= 4 is 21.6 Å². The average Bonchev–Trinajstić information content (AvgIpc) is 3.17. The SMILES string of the molecule is Cc1ccc(S(=O)(=O)N2CCOCC2)cc1NC(=O)CNC[C@H]1CCCO1. The van der Waals surface area contributed by atoms with Crippen molar-refractivity contribution in [3.8, 4) is 0 Å². The second kappa shape index (κ2) is 9.11. The Bertz CT molecular complexity index is 756. The number of nitrogens with zero attached hydrogens (tertiary/aromatic N) is 1. The van der Waals surface area contributed by atoms with E-state index in [9.17, 15) is 13.2 Å². The Hall–Kier alpha value is -1.52. The zero-order valence-corrected chi connectivity index (χ0v) is 16.4. The molecule has 0 radical (unpaired) electrons. The van der Waals surface area contributed by atoms with Gasteiger partial charge in [-0.25, -0.2) is 8.42 Å². The first-order valence-electron chi connectivity index (χ1n) is 9.27. The van der Waals surface area contributed by atoms with E-state index in [4.69, 9.17) is 9.47 Å². The van der Waals surface area contributed by atoms with Gasteiger partial charge in [0.1, 0.15) is 0 Å². The van der Waals surface area contributed by atoms with Crippen LogP contribution in [0.1, 0.15) is 18.4 Å². The van der Waals surface area contributed by atoms with Crippen LogP contribution in [-0.4, -0.2) is 70.7 Å². The van der Waals surface area contributed by atoms with Crippen LogP contribution in [0, 0.1) is 6.92 Å². The van der Waals surface area contributed by atoms with Crippen molar-refractivity contribution in [1.82, 2.24) is 9.62 Å². The fourth-order valence-corrected chi connectivity index (χ4v) is 4.61. The van der Waals surface area contributed by atoms with Crippen molar-refractivity contribution < 1.29 is 22.7 Å². The Balaban J connectivity index is 1.61. The molecule has 150 valence electrons. The number of morpholine rings is 1. The molecule has 0 saturated carbocycles. The molecule has 1 aromatic rings. The molecule has 0 spiro atoms. The average molecular weight is 397 g/mol. The summed E-state index contributed by atoms with van der Waals surface area (Å²) in [5, 5.41) is 5.89. The Kier molecular flexibility index (Phi) is 6.83. The van der Waals surface area contributed by atoms with Crippen molar-refractivity contribution in [3.05, 3.63) is 23.8 Å². The van der Waals surface area contributed by atoms with Gasteiger partial charge in [-0.3, -0.25) is 4.79 Å². The quantitative estimate of drug-likeness (QED) is 0.704. The number of carbonyl (C=O) groups is 1. The van der Waals surface area contributed by atoms with Gasteiger partial charge in [-0.15, -0.1) is 0 Å². The van der Waals surface area contributed by atoms with Crippen LogP contribution in [0.4, 0.5) is 5.69 Å². The lowest BCUT2D eigenvalue weighted by atomic mass is 10.2. The lowest BCUT2D eigenvalue weighted by molar-refractivity contribution is -0.115. The number of rotatable bonds is 7. The summed E-state index contributed by atoms with van der Waals surface area (Å²) in [6.45, 7) is 4.87. The third-order valence-corrected chi connectivity index (χ3v) is 6.67. The van der Waals surface area contributed by atoms with Gasteiger partial charge in [-0.1, -0.05) is 6.07 Å². The summed E-state index contributed by atoms with van der Waals surface area (Å²) < 4.78 is 37.7. The summed E-state index contributed by atoms with van der Waals surface area (Å²) in [5.74, 6) is -0.211. The summed E-state index contributed by atoms with van der Waals surface area (Å²) >= 11 is 0. The molecule has 27 heavy (non-hydrogen) atoms. The maximum atomic E-state index is 12.8. The molecule has 2 fully saturated rings. The zero-order chi connectivity index (χ0) is 19.3. The molecule has 8 nitrogen and oxygen atoms in total. The molecule has 2 saturated heterocycles. The smallest absolute Gasteiger partial charge is 0.243 e. The summed E-state index contributed by atoms with van der Waals surface area (Å²) in [6.07, 6.45) is 2.23. The maximum absolute atomic E-state index is 12.8. The predicted octanol–water partition coefficient (Wildman–Crippen LogP) is 0.723. The molecular formula is C18H27N3O5S. The summed E-state index contributed by atoms with van der Waals surface area (Å²) in [7, 11) is -3.60. The fourth-order valence-electron chi connectivity index (χ4n) is 3.18. The highest BCUT2D eigenvalue weighted by Gasteiger charge is 2.27. The molecule has 2 aliphatic heterocycles. The predicted molar refractivity (Wildman–Crippen MR) is 101 cm³/mol. The number of benzene rings is 1. The molecule has 2 heterocycles. The van der Waals surface area contributed by atoms with Gasteiger partial charge in [0.05, 0.1) is 30.8 Å². The van der Waals surface area contributed by atoms with Crippen LogP contribution in [0.15, 0.2) is 23.1 Å². The minimum Gasteiger partial charge on any atom is -0.379 e. The van der Waals surface area contributed by atoms with Crippen LogP contribution in [0.2, 0.25) is 0 Å². The molecule has 0 aromatic heterocycles. The molecular weight excluding hydrogens is 370 g/mol. The second-order valence-electron chi connectivity index (χ2n) is 6.81. The van der Waals surface area contributed by atoms with E-state index in [0.29, 0.717) is 38.5 Å². The zero-order valence-electron chi connectivity index (χ0n) is 15.6. The monoisotopic (exact) mass is 397 g/mol. The first-order chi connectivity index (χ1) is 13.0. The van der Waals surface area contributed by atoms with Crippen LogP contribution in [0.25, 0.3) is 0 Å². The van der Waals surface area contributed by atoms with Crippen molar-refractivity contribution in [2.45, 2.75) is 30.8 Å². The first kappa shape index (κ1) is 20.2. The number of sulfonamides is 1. The normalized spacial score (nSPS) is 21.3. The van der Waals surface area contributed by atoms with Gasteiger partial charge >= 0.3 is 0 Å². The summed E-state index contributed by atoms with van der Waals surface area (Å²) in [6, 6.07) is 4.81. The number of amides is 1. The van der Waals surface area contributed by atoms with Gasteiger partial charge in [-0.05, 0) is 37.5 Å². The van der Waals surface area contributed by atoms with Gasteiger partial charge in [0.15, 0.2) is 0 Å². The molecule has 2 aliphatic rings. The number of carbonyl (C=O) groups excluding carboxylic acids is 1. The van der Waals surface area contributed by atoms with Crippen molar-refractivity contribution in [1.29, 1.82) is 0 Å². The minimum atomic E-state index is -3.60. The molecule has 3 rings (SSSR count). The topological polar surface area (TPSA) is 97.0 Å². The van der Waals surface area contributed by atoms with E-state index in [1.165, 1.54) is 10.4 Å². The molecule has 1 amide bonds. The highest BCUT2D eigenvalue weighted by molar-refractivity contribution is 7.89. The van der Waals surface area contributed by atoms with Crippen LogP contribution in [-0.2, 0) is 24.3 Å². The van der Waals surface area contributed by atoms with Gasteiger partial charge in [0.25, 0.3) is 0 Å². The summed E-state index contributed by atoms with van der Waals surface area (Å²) in [5.41, 5.74) is 1.32. The van der Waals surface area contributed by atoms with Crippen LogP contribution in [0.3, 0.4) is 0 Å². The molecule has 0 unspecified atom stereocenters. The number of hydrogen-bond donors (Lipinski definition) is 2. The van der Waals surface area contributed by atoms with E-state index in [1.807, 2.05) is 6.92 Å². The van der Waals surface area contributed by atoms with Crippen molar-refractivity contribution in [3.63, 3.8) is 0 Å². The van der Waals surface area contributed by atoms with Gasteiger partial charge < -0.3 is 20.1 Å². The van der Waals surface area contributed by atoms with Crippen LogP contribution >= 0.6 is 0 Å². The van der Waals surface area contributed by atoms with Crippen LogP contribution < -0.4 is 10.6 Å². The van der Waals surface area contributed by atoms with E-state index in [1.54, 1.807) is 12.1 Å². The number of ether oxygens (including phenoxy) is 2. The van der Waals surface area contributed by atoms with E-state index in [-0.39, 0.29) is 23.5 Å². The fraction of sp³-hybridized carbons (Fsp3) is 0.611. The van der Waals surface area contributed by atoms with E-state index in [0.717, 1.165) is 25.0 Å². The Morgan fingerprint density at radius 1 is 1.26 bits per heavy atom. The van der Waals surface area contributed by atoms with Crippen molar-refractivity contribution in [2.24, 2.45) is 0 Å². The highest BCUT2D eigenvalue weighted by Crippen LogP contribution is 2.23. The molecule has 0 bridgehead atoms. The second-order valence-corrected chi connectivity index (χ2v) is 8.75. The third-order valence-electron chi connectivity index (χ3n) is 4.77. The van der Waals surface area contributed by atoms with E-state index in [2.05, 4.69) is 10.6 Å². The standard InChI is InChI=1S/C18H27N3O5S/c1-14-4-5-16(27(23,24)21-6-9-25-10-7-21)11-17(14)20-18(22)13-19-12-15-3-2-8-26-15/h4-5,11,15,19H,2-3,6-10,12-13H2,1H3,(H,20,22)/t15-/m1/s1. The third kappa shape index (κ3) is 5.26. The number of nitrogens with one attached hydrogen (secondary N) is 2. The molecule has 1 aromatic carbocycles. The minimum absolute atomic E-state index is 0.153. The van der Waals surface area contributed by atoms with Crippen molar-refractivity contribution in [2.75, 3.05) is 51.3 Å². The summed E-state index contributed by atoms with van der Waals surface area (Å²) in [4.78, 5) is 12.4. The number of aryl methyl sites for hydroxylation is 1. The largest absolute Gasteiger partial charge is 0.379 e. The number of hydrogen-bond acceptors (Lipinski definition) is 6. The van der Waals surface area contributed by atoms with E-state index < -0.39 is 10.0 Å².